The molecule has 0 aliphatic heterocycles. The fourth-order valence-electron chi connectivity index (χ4n) is 5.91. The number of amides is 1. The number of hydrogen-bond acceptors (Lipinski definition) is 18. The quantitative estimate of drug-likeness (QED) is 0.0362. The van der Waals surface area contributed by atoms with E-state index in [0.717, 1.165) is 29.8 Å². The number of hydrogen-bond donors (Lipinski definition) is 5. The zero-order chi connectivity index (χ0) is 49.1. The van der Waals surface area contributed by atoms with E-state index in [2.05, 4.69) is 17.2 Å². The molecule has 0 fully saturated rings. The molecule has 2 rings (SSSR count). The number of nitrogens with zero attached hydrogens (tertiary/aromatic N) is 2. The Kier molecular flexibility index (Phi) is 37.5. The van der Waals surface area contributed by atoms with E-state index in [-0.39, 0.29) is 35.9 Å². The highest BCUT2D eigenvalue weighted by Gasteiger charge is 2.24. The molecular weight excluding hydrogens is 887 g/mol. The summed E-state index contributed by atoms with van der Waals surface area (Å²) in [6.45, 7) is 18.5. The van der Waals surface area contributed by atoms with Gasteiger partial charge in [0.15, 0.2) is 0 Å². The van der Waals surface area contributed by atoms with Gasteiger partial charge in [-0.3, -0.25) is 15.6 Å². The lowest BCUT2D eigenvalue weighted by molar-refractivity contribution is -0.122. The smallest absolute Gasteiger partial charge is 0.233 e. The van der Waals surface area contributed by atoms with Crippen molar-refractivity contribution in [1.82, 2.24) is 14.9 Å². The zero-order valence-corrected chi connectivity index (χ0v) is 41.1. The van der Waals surface area contributed by atoms with Gasteiger partial charge in [0.05, 0.1) is 165 Å². The lowest BCUT2D eigenvalue weighted by atomic mass is 10.1. The molecule has 0 atom stereocenters. The first-order chi connectivity index (χ1) is 33.3. The number of carbonyl (C=O) groups is 1. The number of benzene rings is 1. The maximum Gasteiger partial charge on any atom is 0.233 e. The fourth-order valence-corrected chi connectivity index (χ4v) is 5.91. The molecule has 0 radical (unpaired) electrons. The number of aromatic nitrogens is 2. The second-order valence-corrected chi connectivity index (χ2v) is 15.3. The van der Waals surface area contributed by atoms with Crippen LogP contribution in [0.1, 0.15) is 68.4 Å². The minimum absolute atomic E-state index is 0.0614. The van der Waals surface area contributed by atoms with Gasteiger partial charge in [-0.1, -0.05) is 37.6 Å². The molecule has 21 heteroatoms. The van der Waals surface area contributed by atoms with Crippen LogP contribution in [0.4, 0.5) is 0 Å². The zero-order valence-electron chi connectivity index (χ0n) is 41.1. The Balaban J connectivity index is 1.34. The van der Waals surface area contributed by atoms with Crippen LogP contribution in [0.15, 0.2) is 24.3 Å². The third-order valence-corrected chi connectivity index (χ3v) is 9.31. The second kappa shape index (κ2) is 42.2. The van der Waals surface area contributed by atoms with E-state index < -0.39 is 0 Å². The average molecular weight is 970 g/mol. The van der Waals surface area contributed by atoms with Gasteiger partial charge in [-0.15, -0.1) is 0 Å². The first-order valence-corrected chi connectivity index (χ1v) is 23.9. The molecule has 0 aliphatic rings. The molecule has 0 bridgehead atoms. The van der Waals surface area contributed by atoms with Crippen molar-refractivity contribution < 1.29 is 66.4 Å². The molecule has 21 nitrogen and oxygen atoms in total. The molecule has 0 aliphatic carbocycles. The minimum atomic E-state index is -0.213. The first-order valence-electron chi connectivity index (χ1n) is 23.9. The summed E-state index contributed by atoms with van der Waals surface area (Å²) >= 11 is 0. The van der Waals surface area contributed by atoms with E-state index in [4.69, 9.17) is 83.9 Å². The van der Waals surface area contributed by atoms with Gasteiger partial charge in [0.2, 0.25) is 11.8 Å². The van der Waals surface area contributed by atoms with Crippen LogP contribution >= 0.6 is 0 Å². The maximum atomic E-state index is 12.4. The molecule has 68 heavy (non-hydrogen) atoms. The molecule has 2 aromatic rings. The highest BCUT2D eigenvalue weighted by molar-refractivity contribution is 6.04. The molecule has 0 unspecified atom stereocenters. The molecule has 7 N–H and O–H groups in total. The maximum absolute atomic E-state index is 12.4. The van der Waals surface area contributed by atoms with Gasteiger partial charge in [0.1, 0.15) is 23.0 Å². The third kappa shape index (κ3) is 31.4. The number of carbonyl (C=O) groups excluding carboxylic acids is 1. The lowest BCUT2D eigenvalue weighted by Crippen LogP contribution is -2.24. The van der Waals surface area contributed by atoms with Gasteiger partial charge >= 0.3 is 0 Å². The van der Waals surface area contributed by atoms with Crippen molar-refractivity contribution in [2.45, 2.75) is 65.6 Å². The summed E-state index contributed by atoms with van der Waals surface area (Å²) in [7, 11) is 0. The van der Waals surface area contributed by atoms with E-state index in [1.54, 1.807) is 0 Å². The van der Waals surface area contributed by atoms with Gasteiger partial charge in [0.25, 0.3) is 0 Å². The second-order valence-electron chi connectivity index (χ2n) is 15.3. The summed E-state index contributed by atoms with van der Waals surface area (Å²) in [5.41, 5.74) is 13.8. The Morgan fingerprint density at radius 2 is 0.971 bits per heavy atom. The molecule has 1 amide bonds. The number of amidine groups is 1. The number of nitrogens with two attached hydrogens (primary N) is 2. The van der Waals surface area contributed by atoms with Crippen molar-refractivity contribution in [2.24, 2.45) is 11.5 Å². The Hall–Kier alpha value is -3.68. The monoisotopic (exact) mass is 970 g/mol. The minimum Gasteiger partial charge on any atom is -0.474 e. The lowest BCUT2D eigenvalue weighted by Gasteiger charge is -2.16. The molecule has 1 aromatic heterocycles. The standard InChI is InChI=1S/C47H83N7O14/c1-4-5-6-42-53-44(46(49)50)45(47(51)68-39(2)3)54(42)38-41-9-7-40(8-10-41)37-52-43(55)11-13-56-15-17-58-19-21-60-23-25-62-27-29-64-31-33-66-35-36-67-34-32-65-30-28-63-26-24-61-22-20-59-18-16-57-14-12-48/h7-10,39,51H,4-6,11-38,48H2,1-3H3,(H3,49,50)(H,52,55). The summed E-state index contributed by atoms with van der Waals surface area (Å²) in [5, 5.41) is 19.6. The van der Waals surface area contributed by atoms with E-state index >= 15 is 0 Å². The van der Waals surface area contributed by atoms with Gasteiger partial charge in [-0.25, -0.2) is 4.98 Å². The Morgan fingerprint density at radius 3 is 1.32 bits per heavy atom. The van der Waals surface area contributed by atoms with Crippen molar-refractivity contribution in [2.75, 3.05) is 165 Å². The predicted octanol–water partition coefficient (Wildman–Crippen LogP) is 2.47. The number of nitrogens with one attached hydrogen (secondary N) is 3. The summed E-state index contributed by atoms with van der Waals surface area (Å²) in [6, 6.07) is 7.89. The predicted molar refractivity (Wildman–Crippen MR) is 256 cm³/mol. The average Bonchev–Trinajstić information content (AvgIpc) is 3.69. The van der Waals surface area contributed by atoms with Crippen LogP contribution in [0, 0.1) is 10.8 Å². The SMILES string of the molecule is CCCCc1nc(C(=N)N)c(C(=N)OC(C)C)n1Cc1ccc(CNC(=O)CCOCCOCCOCCOCCOCCOCCOCCOCCOCCOCCOCCOCCN)cc1. The van der Waals surface area contributed by atoms with E-state index in [1.807, 2.05) is 42.7 Å². The topological polar surface area (TPSA) is 267 Å². The van der Waals surface area contributed by atoms with Crippen LogP contribution < -0.4 is 16.8 Å². The molecule has 0 saturated carbocycles. The number of unbranched alkanes of at least 4 members (excludes halogenated alkanes) is 1. The van der Waals surface area contributed by atoms with Gasteiger partial charge in [0, 0.05) is 32.5 Å². The first kappa shape index (κ1) is 60.4. The van der Waals surface area contributed by atoms with Crippen LogP contribution in [-0.2, 0) is 85.9 Å². The third-order valence-electron chi connectivity index (χ3n) is 9.31. The van der Waals surface area contributed by atoms with Crippen LogP contribution in [0.25, 0.3) is 0 Å². The molecule has 1 aromatic carbocycles. The highest BCUT2D eigenvalue weighted by atomic mass is 16.6. The van der Waals surface area contributed by atoms with Gasteiger partial charge in [-0.2, -0.15) is 0 Å². The van der Waals surface area contributed by atoms with E-state index in [0.29, 0.717) is 190 Å². The Bertz CT molecular complexity index is 1550. The van der Waals surface area contributed by atoms with Gasteiger partial charge < -0.3 is 82.9 Å². The van der Waals surface area contributed by atoms with Crippen LogP contribution in [0.3, 0.4) is 0 Å². The molecule has 390 valence electrons. The summed E-state index contributed by atoms with van der Waals surface area (Å²) in [5.74, 6) is 0.389. The molecule has 0 spiro atoms. The number of ether oxygens (including phenoxy) is 13. The van der Waals surface area contributed by atoms with Gasteiger partial charge in [-0.05, 0) is 31.4 Å². The molecular formula is C47H83N7O14. The van der Waals surface area contributed by atoms with Crippen molar-refractivity contribution in [3.63, 3.8) is 0 Å². The highest BCUT2D eigenvalue weighted by Crippen LogP contribution is 2.19. The molecule has 1 heterocycles. The van der Waals surface area contributed by atoms with E-state index in [9.17, 15) is 4.79 Å². The number of nitrogen functional groups attached to an aromatic ring is 1. The van der Waals surface area contributed by atoms with Crippen molar-refractivity contribution in [1.29, 1.82) is 10.8 Å². The fraction of sp³-hybridized carbons (Fsp3) is 0.745. The Labute approximate surface area is 403 Å². The van der Waals surface area contributed by atoms with Crippen LogP contribution in [0.2, 0.25) is 0 Å². The molecule has 0 saturated heterocycles. The van der Waals surface area contributed by atoms with Crippen molar-refractivity contribution in [3.8, 4) is 0 Å². The van der Waals surface area contributed by atoms with Crippen LogP contribution in [0.5, 0.6) is 0 Å². The normalized spacial score (nSPS) is 11.5. The number of rotatable bonds is 48. The largest absolute Gasteiger partial charge is 0.474 e. The van der Waals surface area contributed by atoms with E-state index in [1.165, 1.54) is 0 Å². The summed E-state index contributed by atoms with van der Waals surface area (Å²) in [4.78, 5) is 17.1. The van der Waals surface area contributed by atoms with Crippen LogP contribution in [-0.4, -0.2) is 198 Å². The summed E-state index contributed by atoms with van der Waals surface area (Å²) < 4.78 is 73.3. The summed E-state index contributed by atoms with van der Waals surface area (Å²) in [6.07, 6.45) is 2.61. The Morgan fingerprint density at radius 1 is 0.603 bits per heavy atom. The van der Waals surface area contributed by atoms with Crippen molar-refractivity contribution >= 4 is 17.6 Å². The van der Waals surface area contributed by atoms with Crippen molar-refractivity contribution in [3.05, 3.63) is 52.6 Å². The number of imidazole rings is 1. The number of aryl methyl sites for hydroxylation is 1.